The Morgan fingerprint density at radius 1 is 1.24 bits per heavy atom. The van der Waals surface area contributed by atoms with E-state index in [1.807, 2.05) is 0 Å². The molecule has 1 aromatic rings. The third kappa shape index (κ3) is 1.37. The van der Waals surface area contributed by atoms with Crippen molar-refractivity contribution in [1.29, 1.82) is 0 Å². The van der Waals surface area contributed by atoms with Gasteiger partial charge in [-0.15, -0.1) is 9.24 Å². The van der Waals surface area contributed by atoms with Crippen molar-refractivity contribution in [3.8, 4) is 0 Å². The summed E-state index contributed by atoms with van der Waals surface area (Å²) in [4.78, 5) is 4.70. The second-order valence-corrected chi connectivity index (χ2v) is 6.64. The topological polar surface area (TPSA) is 6.48 Å². The van der Waals surface area contributed by atoms with E-state index in [1.165, 1.54) is 11.3 Å². The summed E-state index contributed by atoms with van der Waals surface area (Å²) in [6.07, 6.45) is 4.76. The van der Waals surface area contributed by atoms with Crippen LogP contribution >= 0.6 is 9.24 Å². The summed E-state index contributed by atoms with van der Waals surface area (Å²) in [5.41, 5.74) is 2.80. The summed E-state index contributed by atoms with van der Waals surface area (Å²) in [5.74, 6) is 0.535. The van der Waals surface area contributed by atoms with Crippen LogP contribution in [-0.2, 0) is 0 Å². The lowest BCUT2D eigenvalue weighted by molar-refractivity contribution is 0.261. The van der Waals surface area contributed by atoms with Crippen molar-refractivity contribution >= 4 is 14.9 Å². The van der Waals surface area contributed by atoms with Crippen molar-refractivity contribution in [2.75, 3.05) is 11.9 Å². The molecule has 0 bridgehead atoms. The summed E-state index contributed by atoms with van der Waals surface area (Å²) in [6.45, 7) is 4.66. The molecule has 3 rings (SSSR count). The molecule has 0 spiro atoms. The van der Waals surface area contributed by atoms with E-state index in [0.717, 1.165) is 0 Å². The van der Waals surface area contributed by atoms with E-state index in [0.29, 0.717) is 12.1 Å². The first-order chi connectivity index (χ1) is 8.03. The van der Waals surface area contributed by atoms with Gasteiger partial charge in [0.05, 0.1) is 0 Å². The van der Waals surface area contributed by atoms with Crippen molar-refractivity contribution in [3.05, 3.63) is 42.2 Å². The van der Waals surface area contributed by atoms with Crippen LogP contribution in [0.2, 0.25) is 0 Å². The van der Waals surface area contributed by atoms with E-state index >= 15 is 0 Å². The van der Waals surface area contributed by atoms with Gasteiger partial charge in [0.2, 0.25) is 0 Å². The van der Waals surface area contributed by atoms with Gasteiger partial charge in [-0.3, -0.25) is 0 Å². The lowest BCUT2D eigenvalue weighted by Gasteiger charge is -2.50. The summed E-state index contributed by atoms with van der Waals surface area (Å²) < 4.78 is 0. The maximum absolute atomic E-state index is 3.07. The van der Waals surface area contributed by atoms with Crippen molar-refractivity contribution in [2.24, 2.45) is 0 Å². The third-order valence-corrected chi connectivity index (χ3v) is 5.08. The lowest BCUT2D eigenvalue weighted by atomic mass is 9.80. The van der Waals surface area contributed by atoms with Crippen LogP contribution in [0.5, 0.6) is 0 Å². The number of rotatable bonds is 0. The summed E-state index contributed by atoms with van der Waals surface area (Å²) in [6, 6.07) is 8.74. The number of anilines is 1. The maximum atomic E-state index is 3.07. The summed E-state index contributed by atoms with van der Waals surface area (Å²) in [7, 11) is 5.23. The van der Waals surface area contributed by atoms with Crippen molar-refractivity contribution in [3.63, 3.8) is 0 Å². The predicted molar refractivity (Wildman–Crippen MR) is 76.1 cm³/mol. The second-order valence-electron chi connectivity index (χ2n) is 5.39. The van der Waals surface area contributed by atoms with E-state index in [1.54, 1.807) is 0 Å². The molecule has 0 aromatic heterocycles. The molecule has 0 saturated carbocycles. The first kappa shape index (κ1) is 11.1. The Hall–Kier alpha value is -1.01. The van der Waals surface area contributed by atoms with Crippen LogP contribution in [0.4, 0.5) is 5.69 Å². The molecule has 2 nitrogen and oxygen atoms in total. The van der Waals surface area contributed by atoms with Gasteiger partial charge in [0, 0.05) is 30.3 Å². The van der Waals surface area contributed by atoms with Gasteiger partial charge in [0.15, 0.2) is 0 Å². The molecule has 1 aromatic carbocycles. The molecule has 0 radical (unpaired) electrons. The molecule has 90 valence electrons. The zero-order valence-electron chi connectivity index (χ0n) is 10.6. The SMILES string of the molecule is CC1c2ccccc2N2C=CN(C)C2C1(C)P. The Balaban J connectivity index is 2.20. The van der Waals surface area contributed by atoms with Gasteiger partial charge in [0.25, 0.3) is 0 Å². The average Bonchev–Trinajstić information content (AvgIpc) is 2.70. The zero-order chi connectivity index (χ0) is 12.2. The highest BCUT2D eigenvalue weighted by Gasteiger charge is 2.47. The van der Waals surface area contributed by atoms with E-state index in [9.17, 15) is 0 Å². The first-order valence-electron chi connectivity index (χ1n) is 6.10. The van der Waals surface area contributed by atoms with E-state index in [4.69, 9.17) is 0 Å². The highest BCUT2D eigenvalue weighted by molar-refractivity contribution is 7.19. The fourth-order valence-electron chi connectivity index (χ4n) is 3.13. The van der Waals surface area contributed by atoms with E-state index in [-0.39, 0.29) is 5.16 Å². The Morgan fingerprint density at radius 2 is 1.94 bits per heavy atom. The molecular formula is C14H19N2P. The van der Waals surface area contributed by atoms with Gasteiger partial charge >= 0.3 is 0 Å². The van der Waals surface area contributed by atoms with E-state index in [2.05, 4.69) is 76.6 Å². The van der Waals surface area contributed by atoms with Gasteiger partial charge in [-0.2, -0.15) is 0 Å². The van der Waals surface area contributed by atoms with Crippen LogP contribution < -0.4 is 4.90 Å². The third-order valence-electron chi connectivity index (χ3n) is 4.28. The standard InChI is InChI=1S/C14H19N2P/c1-10-11-6-4-5-7-12(11)16-9-8-15(3)13(16)14(10,2)17/h4-10,13H,17H2,1-3H3. The molecule has 0 amide bonds. The molecule has 4 atom stereocenters. The van der Waals surface area contributed by atoms with Crippen LogP contribution in [0.25, 0.3) is 0 Å². The molecule has 0 N–H and O–H groups in total. The minimum atomic E-state index is 0.159. The normalized spacial score (nSPS) is 34.8. The minimum Gasteiger partial charge on any atom is -0.358 e. The molecule has 2 aliphatic heterocycles. The highest BCUT2D eigenvalue weighted by Crippen LogP contribution is 2.50. The molecule has 4 unspecified atom stereocenters. The minimum absolute atomic E-state index is 0.159. The Bertz CT molecular complexity index is 481. The Kier molecular flexibility index (Phi) is 2.28. The van der Waals surface area contributed by atoms with Gasteiger partial charge in [-0.25, -0.2) is 0 Å². The van der Waals surface area contributed by atoms with Crippen LogP contribution in [-0.4, -0.2) is 23.3 Å². The largest absolute Gasteiger partial charge is 0.358 e. The van der Waals surface area contributed by atoms with Crippen LogP contribution in [0.3, 0.4) is 0 Å². The summed E-state index contributed by atoms with van der Waals surface area (Å²) >= 11 is 0. The number of benzene rings is 1. The molecule has 0 saturated heterocycles. The zero-order valence-corrected chi connectivity index (χ0v) is 11.7. The van der Waals surface area contributed by atoms with Gasteiger partial charge in [0.1, 0.15) is 6.17 Å². The molecule has 2 aliphatic rings. The molecule has 17 heavy (non-hydrogen) atoms. The predicted octanol–water partition coefficient (Wildman–Crippen LogP) is 2.99. The first-order valence-corrected chi connectivity index (χ1v) is 6.67. The number of para-hydroxylation sites is 1. The molecular weight excluding hydrogens is 227 g/mol. The van der Waals surface area contributed by atoms with E-state index < -0.39 is 0 Å². The molecule has 3 heteroatoms. The summed E-state index contributed by atoms with van der Waals surface area (Å²) in [5, 5.41) is 0.159. The van der Waals surface area contributed by atoms with Crippen LogP contribution in [0.15, 0.2) is 36.7 Å². The van der Waals surface area contributed by atoms with Crippen LogP contribution in [0.1, 0.15) is 25.3 Å². The smallest absolute Gasteiger partial charge is 0.115 e. The number of fused-ring (bicyclic) bond motifs is 3. The van der Waals surface area contributed by atoms with Gasteiger partial charge < -0.3 is 9.80 Å². The number of hydrogen-bond donors (Lipinski definition) is 0. The number of nitrogens with zero attached hydrogens (tertiary/aromatic N) is 2. The van der Waals surface area contributed by atoms with Crippen molar-refractivity contribution in [2.45, 2.75) is 31.1 Å². The molecule has 0 fully saturated rings. The highest BCUT2D eigenvalue weighted by atomic mass is 31.0. The Labute approximate surface area is 105 Å². The van der Waals surface area contributed by atoms with Crippen molar-refractivity contribution < 1.29 is 0 Å². The van der Waals surface area contributed by atoms with Gasteiger partial charge in [-0.1, -0.05) is 32.0 Å². The quantitative estimate of drug-likeness (QED) is 0.649. The Morgan fingerprint density at radius 3 is 2.71 bits per heavy atom. The average molecular weight is 246 g/mol. The monoisotopic (exact) mass is 246 g/mol. The van der Waals surface area contributed by atoms with Gasteiger partial charge in [-0.05, 0) is 17.5 Å². The lowest BCUT2D eigenvalue weighted by Crippen LogP contribution is -2.55. The second kappa shape index (κ2) is 3.49. The molecule has 0 aliphatic carbocycles. The van der Waals surface area contributed by atoms with Crippen LogP contribution in [0, 0.1) is 0 Å². The van der Waals surface area contributed by atoms with Crippen molar-refractivity contribution in [1.82, 2.24) is 4.90 Å². The molecule has 2 heterocycles. The fraction of sp³-hybridized carbons (Fsp3) is 0.429. The maximum Gasteiger partial charge on any atom is 0.115 e. The fourth-order valence-corrected chi connectivity index (χ4v) is 3.71. The number of hydrogen-bond acceptors (Lipinski definition) is 2.